The van der Waals surface area contributed by atoms with Gasteiger partial charge in [0, 0.05) is 26.2 Å². The van der Waals surface area contributed by atoms with Crippen molar-refractivity contribution in [2.45, 2.75) is 19.9 Å². The molecule has 0 saturated carbocycles. The number of amides is 1. The van der Waals surface area contributed by atoms with Crippen LogP contribution < -0.4 is 0 Å². The van der Waals surface area contributed by atoms with Crippen molar-refractivity contribution in [2.75, 3.05) is 26.2 Å². The van der Waals surface area contributed by atoms with Crippen LogP contribution in [0.15, 0.2) is 25.7 Å². The minimum atomic E-state index is -0.0772. The van der Waals surface area contributed by atoms with Crippen LogP contribution in [0.4, 0.5) is 0 Å². The van der Waals surface area contributed by atoms with E-state index in [2.05, 4.69) is 31.0 Å². The number of aryl methyl sites for hydroxylation is 1. The topological polar surface area (TPSA) is 75.6 Å². The molecule has 0 spiro atoms. The molecule has 2 aromatic heterocycles. The van der Waals surface area contributed by atoms with Crippen molar-refractivity contribution in [2.24, 2.45) is 0 Å². The highest BCUT2D eigenvalue weighted by molar-refractivity contribution is 9.10. The molecule has 1 saturated heterocycles. The molecule has 1 atom stereocenters. The fourth-order valence-electron chi connectivity index (χ4n) is 2.54. The Balaban J connectivity index is 1.59. The van der Waals surface area contributed by atoms with E-state index in [4.69, 9.17) is 8.94 Å². The number of halogens is 1. The molecule has 1 unspecified atom stereocenters. The summed E-state index contributed by atoms with van der Waals surface area (Å²) in [6.07, 6.45) is 0. The molecule has 0 N–H and O–H groups in total. The summed E-state index contributed by atoms with van der Waals surface area (Å²) in [4.78, 5) is 20.6. The maximum atomic E-state index is 12.3. The van der Waals surface area contributed by atoms with Gasteiger partial charge in [-0.1, -0.05) is 5.16 Å². The van der Waals surface area contributed by atoms with Crippen LogP contribution in [0.2, 0.25) is 0 Å². The van der Waals surface area contributed by atoms with Crippen molar-refractivity contribution in [3.8, 4) is 0 Å². The average molecular weight is 369 g/mol. The summed E-state index contributed by atoms with van der Waals surface area (Å²) < 4.78 is 11.1. The van der Waals surface area contributed by atoms with Crippen LogP contribution in [0, 0.1) is 6.92 Å². The van der Waals surface area contributed by atoms with Gasteiger partial charge in [-0.3, -0.25) is 9.69 Å². The second kappa shape index (κ2) is 6.21. The van der Waals surface area contributed by atoms with Crippen LogP contribution in [0.5, 0.6) is 0 Å². The lowest BCUT2D eigenvalue weighted by atomic mass is 10.2. The molecule has 7 nitrogen and oxygen atoms in total. The van der Waals surface area contributed by atoms with Gasteiger partial charge < -0.3 is 13.8 Å². The summed E-state index contributed by atoms with van der Waals surface area (Å²) in [5.74, 6) is 1.54. The predicted molar refractivity (Wildman–Crippen MR) is 81.3 cm³/mol. The molecular weight excluding hydrogens is 352 g/mol. The molecule has 0 aliphatic carbocycles. The Hall–Kier alpha value is -1.67. The van der Waals surface area contributed by atoms with E-state index in [1.54, 1.807) is 24.0 Å². The quantitative estimate of drug-likeness (QED) is 0.826. The van der Waals surface area contributed by atoms with Crippen LogP contribution in [0.3, 0.4) is 0 Å². The van der Waals surface area contributed by atoms with Gasteiger partial charge in [-0.15, -0.1) is 0 Å². The van der Waals surface area contributed by atoms with Gasteiger partial charge in [-0.05, 0) is 41.9 Å². The molecule has 1 amide bonds. The Morgan fingerprint density at radius 2 is 2.05 bits per heavy atom. The lowest BCUT2D eigenvalue weighted by Gasteiger charge is -2.36. The highest BCUT2D eigenvalue weighted by Gasteiger charge is 2.28. The molecule has 8 heteroatoms. The average Bonchev–Trinajstić information content (AvgIpc) is 3.14. The Labute approximate surface area is 136 Å². The number of aromatic nitrogens is 2. The fraction of sp³-hybridized carbons (Fsp3) is 0.500. The third-order valence-electron chi connectivity index (χ3n) is 3.83. The van der Waals surface area contributed by atoms with E-state index in [1.165, 1.54) is 0 Å². The normalized spacial score (nSPS) is 17.7. The van der Waals surface area contributed by atoms with E-state index >= 15 is 0 Å². The Morgan fingerprint density at radius 1 is 1.32 bits per heavy atom. The highest BCUT2D eigenvalue weighted by Crippen LogP contribution is 2.21. The van der Waals surface area contributed by atoms with E-state index in [-0.39, 0.29) is 11.9 Å². The Morgan fingerprint density at radius 3 is 2.59 bits per heavy atom. The number of nitrogens with zero attached hydrogens (tertiary/aromatic N) is 4. The van der Waals surface area contributed by atoms with Gasteiger partial charge in [-0.25, -0.2) is 0 Å². The summed E-state index contributed by atoms with van der Waals surface area (Å²) in [5.41, 5.74) is 0. The van der Waals surface area contributed by atoms with E-state index in [1.807, 2.05) is 6.92 Å². The van der Waals surface area contributed by atoms with Crippen molar-refractivity contribution in [3.63, 3.8) is 0 Å². The summed E-state index contributed by atoms with van der Waals surface area (Å²) in [5, 5.41) is 3.82. The molecule has 1 fully saturated rings. The van der Waals surface area contributed by atoms with Crippen molar-refractivity contribution in [1.82, 2.24) is 19.9 Å². The second-order valence-electron chi connectivity index (χ2n) is 5.29. The Bertz CT molecular complexity index is 661. The van der Waals surface area contributed by atoms with Gasteiger partial charge in [0.25, 0.3) is 5.91 Å². The molecular formula is C14H17BrN4O3. The molecule has 1 aliphatic heterocycles. The molecule has 2 aromatic rings. The maximum absolute atomic E-state index is 12.3. The van der Waals surface area contributed by atoms with Gasteiger partial charge in [0.1, 0.15) is 0 Å². The maximum Gasteiger partial charge on any atom is 0.289 e. The van der Waals surface area contributed by atoms with Gasteiger partial charge >= 0.3 is 0 Å². The largest absolute Gasteiger partial charge is 0.444 e. The number of rotatable bonds is 3. The molecule has 3 heterocycles. The SMILES string of the molecule is Cc1noc(C(C)N2CCN(C(=O)c3ccc(Br)o3)CC2)n1. The first-order valence-corrected chi connectivity index (χ1v) is 7.93. The monoisotopic (exact) mass is 368 g/mol. The van der Waals surface area contributed by atoms with Crippen molar-refractivity contribution in [1.29, 1.82) is 0 Å². The minimum Gasteiger partial charge on any atom is -0.444 e. The summed E-state index contributed by atoms with van der Waals surface area (Å²) >= 11 is 3.21. The molecule has 0 aromatic carbocycles. The molecule has 3 rings (SSSR count). The number of carbonyl (C=O) groups excluding carboxylic acids is 1. The van der Waals surface area contributed by atoms with Crippen LogP contribution in [0.25, 0.3) is 0 Å². The summed E-state index contributed by atoms with van der Waals surface area (Å²) in [6.45, 7) is 6.65. The highest BCUT2D eigenvalue weighted by atomic mass is 79.9. The van der Waals surface area contributed by atoms with Crippen LogP contribution in [-0.4, -0.2) is 52.0 Å². The van der Waals surface area contributed by atoms with Crippen LogP contribution >= 0.6 is 15.9 Å². The molecule has 1 aliphatic rings. The number of carbonyl (C=O) groups is 1. The lowest BCUT2D eigenvalue weighted by molar-refractivity contribution is 0.0523. The summed E-state index contributed by atoms with van der Waals surface area (Å²) in [6, 6.07) is 3.46. The zero-order chi connectivity index (χ0) is 15.7. The van der Waals surface area contributed by atoms with Crippen molar-refractivity contribution >= 4 is 21.8 Å². The van der Waals surface area contributed by atoms with Crippen molar-refractivity contribution < 1.29 is 13.7 Å². The first kappa shape index (κ1) is 15.2. The minimum absolute atomic E-state index is 0.0520. The summed E-state index contributed by atoms with van der Waals surface area (Å²) in [7, 11) is 0. The number of piperazine rings is 1. The standard InChI is InChI=1S/C14H17BrN4O3/c1-9(13-16-10(2)17-22-13)18-5-7-19(8-6-18)14(20)11-3-4-12(15)21-11/h3-4,9H,5-8H2,1-2H3. The smallest absolute Gasteiger partial charge is 0.289 e. The van der Waals surface area contributed by atoms with Gasteiger partial charge in [0.15, 0.2) is 16.3 Å². The molecule has 118 valence electrons. The molecule has 0 radical (unpaired) electrons. The van der Waals surface area contributed by atoms with Crippen molar-refractivity contribution in [3.05, 3.63) is 34.3 Å². The van der Waals surface area contributed by atoms with Gasteiger partial charge in [-0.2, -0.15) is 4.98 Å². The van der Waals surface area contributed by atoms with Crippen LogP contribution in [-0.2, 0) is 0 Å². The number of furan rings is 1. The van der Waals surface area contributed by atoms with Gasteiger partial charge in [0.2, 0.25) is 5.89 Å². The fourth-order valence-corrected chi connectivity index (χ4v) is 2.84. The molecule has 22 heavy (non-hydrogen) atoms. The first-order valence-electron chi connectivity index (χ1n) is 7.13. The predicted octanol–water partition coefficient (Wildman–Crippen LogP) is 2.25. The second-order valence-corrected chi connectivity index (χ2v) is 6.07. The number of hydrogen-bond acceptors (Lipinski definition) is 6. The van der Waals surface area contributed by atoms with E-state index in [0.29, 0.717) is 35.2 Å². The number of hydrogen-bond donors (Lipinski definition) is 0. The zero-order valence-electron chi connectivity index (χ0n) is 12.5. The zero-order valence-corrected chi connectivity index (χ0v) is 14.0. The van der Waals surface area contributed by atoms with E-state index < -0.39 is 0 Å². The Kier molecular flexibility index (Phi) is 4.30. The van der Waals surface area contributed by atoms with Crippen LogP contribution in [0.1, 0.15) is 35.2 Å². The van der Waals surface area contributed by atoms with Gasteiger partial charge in [0.05, 0.1) is 6.04 Å². The van der Waals surface area contributed by atoms with E-state index in [0.717, 1.165) is 13.1 Å². The molecule has 0 bridgehead atoms. The van der Waals surface area contributed by atoms with E-state index in [9.17, 15) is 4.79 Å². The first-order chi connectivity index (χ1) is 10.5. The third kappa shape index (κ3) is 3.07. The lowest BCUT2D eigenvalue weighted by Crippen LogP contribution is -2.49. The third-order valence-corrected chi connectivity index (χ3v) is 4.26.